The first-order valence-electron chi connectivity index (χ1n) is 6.51. The fraction of sp³-hybridized carbons (Fsp3) is 0.125. The van der Waals surface area contributed by atoms with E-state index in [2.05, 4.69) is 21.1 Å². The SMILES string of the molecule is COC(=O)c1ccc(CNc2ccnc3sccc23)cc1. The monoisotopic (exact) mass is 298 g/mol. The van der Waals surface area contributed by atoms with Crippen molar-refractivity contribution in [2.24, 2.45) is 0 Å². The topological polar surface area (TPSA) is 51.2 Å². The Morgan fingerprint density at radius 1 is 1.24 bits per heavy atom. The van der Waals surface area contributed by atoms with Gasteiger partial charge in [0.1, 0.15) is 4.83 Å². The molecule has 5 heteroatoms. The van der Waals surface area contributed by atoms with Crippen molar-refractivity contribution in [2.75, 3.05) is 12.4 Å². The van der Waals surface area contributed by atoms with E-state index in [1.165, 1.54) is 7.11 Å². The summed E-state index contributed by atoms with van der Waals surface area (Å²) in [6.07, 6.45) is 1.81. The van der Waals surface area contributed by atoms with Gasteiger partial charge in [-0.05, 0) is 35.2 Å². The van der Waals surface area contributed by atoms with Gasteiger partial charge in [-0.1, -0.05) is 12.1 Å². The number of carbonyl (C=O) groups is 1. The number of pyridine rings is 1. The third-order valence-electron chi connectivity index (χ3n) is 3.23. The quantitative estimate of drug-likeness (QED) is 0.746. The maximum Gasteiger partial charge on any atom is 0.337 e. The Hall–Kier alpha value is -2.40. The minimum atomic E-state index is -0.316. The predicted octanol–water partition coefficient (Wildman–Crippen LogP) is 3.70. The molecule has 1 aromatic carbocycles. The Balaban J connectivity index is 1.73. The van der Waals surface area contributed by atoms with E-state index >= 15 is 0 Å². The second kappa shape index (κ2) is 5.93. The highest BCUT2D eigenvalue weighted by Crippen LogP contribution is 2.26. The zero-order chi connectivity index (χ0) is 14.7. The molecule has 106 valence electrons. The fourth-order valence-corrected chi connectivity index (χ4v) is 2.86. The molecular formula is C16H14N2O2S. The van der Waals surface area contributed by atoms with E-state index in [9.17, 15) is 4.79 Å². The standard InChI is InChI=1S/C16H14N2O2S/c1-20-16(19)12-4-2-11(3-5-12)10-18-14-6-8-17-15-13(14)7-9-21-15/h2-9H,10H2,1H3,(H,17,18). The molecule has 0 saturated carbocycles. The van der Waals surface area contributed by atoms with Crippen LogP contribution in [0.5, 0.6) is 0 Å². The van der Waals surface area contributed by atoms with E-state index in [0.717, 1.165) is 21.5 Å². The van der Waals surface area contributed by atoms with Crippen molar-refractivity contribution in [1.29, 1.82) is 0 Å². The number of methoxy groups -OCH3 is 1. The highest BCUT2D eigenvalue weighted by atomic mass is 32.1. The summed E-state index contributed by atoms with van der Waals surface area (Å²) in [5, 5.41) is 6.57. The number of fused-ring (bicyclic) bond motifs is 1. The average Bonchev–Trinajstić information content (AvgIpc) is 3.02. The van der Waals surface area contributed by atoms with Gasteiger partial charge in [0.15, 0.2) is 0 Å². The van der Waals surface area contributed by atoms with Gasteiger partial charge in [0, 0.05) is 23.8 Å². The molecule has 4 nitrogen and oxygen atoms in total. The molecule has 0 aliphatic carbocycles. The number of hydrogen-bond acceptors (Lipinski definition) is 5. The van der Waals surface area contributed by atoms with Crippen LogP contribution in [0.2, 0.25) is 0 Å². The molecule has 0 fully saturated rings. The van der Waals surface area contributed by atoms with Gasteiger partial charge in [-0.15, -0.1) is 11.3 Å². The van der Waals surface area contributed by atoms with Crippen LogP contribution >= 0.6 is 11.3 Å². The van der Waals surface area contributed by atoms with Crippen molar-refractivity contribution in [2.45, 2.75) is 6.54 Å². The summed E-state index contributed by atoms with van der Waals surface area (Å²) in [4.78, 5) is 16.7. The number of nitrogens with zero attached hydrogens (tertiary/aromatic N) is 1. The third kappa shape index (κ3) is 2.87. The first kappa shape index (κ1) is 13.6. The number of thiophene rings is 1. The largest absolute Gasteiger partial charge is 0.465 e. The van der Waals surface area contributed by atoms with Crippen LogP contribution in [-0.2, 0) is 11.3 Å². The van der Waals surface area contributed by atoms with Crippen LogP contribution in [0.25, 0.3) is 10.2 Å². The lowest BCUT2D eigenvalue weighted by molar-refractivity contribution is 0.0600. The Bertz CT molecular complexity index is 765. The number of hydrogen-bond donors (Lipinski definition) is 1. The highest BCUT2D eigenvalue weighted by molar-refractivity contribution is 7.16. The highest BCUT2D eigenvalue weighted by Gasteiger charge is 2.05. The molecule has 0 spiro atoms. The van der Waals surface area contributed by atoms with Crippen molar-refractivity contribution in [1.82, 2.24) is 4.98 Å². The van der Waals surface area contributed by atoms with Crippen LogP contribution in [0.15, 0.2) is 48.0 Å². The fourth-order valence-electron chi connectivity index (χ4n) is 2.10. The summed E-state index contributed by atoms with van der Waals surface area (Å²) in [5.41, 5.74) is 2.73. The summed E-state index contributed by atoms with van der Waals surface area (Å²) in [5.74, 6) is -0.316. The molecule has 0 unspecified atom stereocenters. The zero-order valence-corrected chi connectivity index (χ0v) is 12.3. The molecule has 3 aromatic rings. The molecular weight excluding hydrogens is 284 g/mol. The van der Waals surface area contributed by atoms with Gasteiger partial charge >= 0.3 is 5.97 Å². The maximum atomic E-state index is 11.4. The van der Waals surface area contributed by atoms with Gasteiger partial charge in [0.25, 0.3) is 0 Å². The molecule has 21 heavy (non-hydrogen) atoms. The summed E-state index contributed by atoms with van der Waals surface area (Å²) in [6, 6.07) is 11.4. The lowest BCUT2D eigenvalue weighted by Gasteiger charge is -2.08. The molecule has 3 rings (SSSR count). The number of rotatable bonds is 4. The molecule has 0 amide bonds. The van der Waals surface area contributed by atoms with Gasteiger partial charge in [-0.2, -0.15) is 0 Å². The van der Waals surface area contributed by atoms with Crippen LogP contribution in [0, 0.1) is 0 Å². The summed E-state index contributed by atoms with van der Waals surface area (Å²) in [7, 11) is 1.38. The van der Waals surface area contributed by atoms with Crippen molar-refractivity contribution >= 4 is 33.2 Å². The van der Waals surface area contributed by atoms with Crippen molar-refractivity contribution in [3.8, 4) is 0 Å². The van der Waals surface area contributed by atoms with Crippen LogP contribution in [0.4, 0.5) is 5.69 Å². The molecule has 1 N–H and O–H groups in total. The van der Waals surface area contributed by atoms with E-state index in [1.807, 2.05) is 29.8 Å². The minimum Gasteiger partial charge on any atom is -0.465 e. The van der Waals surface area contributed by atoms with Gasteiger partial charge in [-0.25, -0.2) is 9.78 Å². The van der Waals surface area contributed by atoms with E-state index in [1.54, 1.807) is 23.5 Å². The van der Waals surface area contributed by atoms with E-state index in [-0.39, 0.29) is 5.97 Å². The molecule has 0 aliphatic heterocycles. The zero-order valence-electron chi connectivity index (χ0n) is 11.5. The lowest BCUT2D eigenvalue weighted by atomic mass is 10.1. The Kier molecular flexibility index (Phi) is 3.83. The first-order chi connectivity index (χ1) is 10.3. The van der Waals surface area contributed by atoms with Gasteiger partial charge in [0.2, 0.25) is 0 Å². The maximum absolute atomic E-state index is 11.4. The number of nitrogens with one attached hydrogen (secondary N) is 1. The normalized spacial score (nSPS) is 10.5. The van der Waals surface area contributed by atoms with Gasteiger partial charge < -0.3 is 10.1 Å². The van der Waals surface area contributed by atoms with Gasteiger partial charge in [-0.3, -0.25) is 0 Å². The number of esters is 1. The van der Waals surface area contributed by atoms with Crippen LogP contribution in [0.1, 0.15) is 15.9 Å². The van der Waals surface area contributed by atoms with Crippen LogP contribution in [0.3, 0.4) is 0 Å². The van der Waals surface area contributed by atoms with E-state index < -0.39 is 0 Å². The Labute approximate surface area is 126 Å². The smallest absolute Gasteiger partial charge is 0.337 e. The number of benzene rings is 1. The average molecular weight is 298 g/mol. The molecule has 0 radical (unpaired) electrons. The summed E-state index contributed by atoms with van der Waals surface area (Å²) < 4.78 is 4.68. The summed E-state index contributed by atoms with van der Waals surface area (Å²) >= 11 is 1.63. The van der Waals surface area contributed by atoms with Crippen molar-refractivity contribution in [3.63, 3.8) is 0 Å². The molecule has 0 bridgehead atoms. The second-order valence-electron chi connectivity index (χ2n) is 4.54. The number of ether oxygens (including phenoxy) is 1. The van der Waals surface area contributed by atoms with E-state index in [0.29, 0.717) is 12.1 Å². The van der Waals surface area contributed by atoms with Crippen molar-refractivity contribution < 1.29 is 9.53 Å². The lowest BCUT2D eigenvalue weighted by Crippen LogP contribution is -2.03. The predicted molar refractivity (Wildman–Crippen MR) is 84.7 cm³/mol. The summed E-state index contributed by atoms with van der Waals surface area (Å²) in [6.45, 7) is 0.691. The molecule has 0 saturated heterocycles. The Morgan fingerprint density at radius 2 is 2.05 bits per heavy atom. The number of carbonyl (C=O) groups excluding carboxylic acids is 1. The van der Waals surface area contributed by atoms with Crippen molar-refractivity contribution in [3.05, 3.63) is 59.1 Å². The number of aromatic nitrogens is 1. The Morgan fingerprint density at radius 3 is 2.81 bits per heavy atom. The van der Waals surface area contributed by atoms with E-state index in [4.69, 9.17) is 0 Å². The molecule has 2 aromatic heterocycles. The minimum absolute atomic E-state index is 0.316. The number of anilines is 1. The third-order valence-corrected chi connectivity index (χ3v) is 4.05. The van der Waals surface area contributed by atoms with Crippen LogP contribution in [-0.4, -0.2) is 18.1 Å². The van der Waals surface area contributed by atoms with Gasteiger partial charge in [0.05, 0.1) is 12.7 Å². The second-order valence-corrected chi connectivity index (χ2v) is 5.43. The van der Waals surface area contributed by atoms with Crippen LogP contribution < -0.4 is 5.32 Å². The molecule has 2 heterocycles. The first-order valence-corrected chi connectivity index (χ1v) is 7.39. The molecule has 0 aliphatic rings. The molecule has 0 atom stereocenters.